The molecule has 1 amide bonds. The Balaban J connectivity index is 1.62. The highest BCUT2D eigenvalue weighted by molar-refractivity contribution is 7.13. The Morgan fingerprint density at radius 3 is 2.28 bits per heavy atom. The standard InChI is InChI=1S/C22H24N2O4S/c1-14-5-7-16(8-6-14)22-24-17(13-29-22)11-20(25)23-12-15-9-18(26-2)21(28-4)19(10-15)27-3/h5-10,13H,11-12H2,1-4H3,(H,23,25). The summed E-state index contributed by atoms with van der Waals surface area (Å²) in [6.45, 7) is 2.40. The highest BCUT2D eigenvalue weighted by Gasteiger charge is 2.14. The quantitative estimate of drug-likeness (QED) is 0.606. The van der Waals surface area contributed by atoms with E-state index >= 15 is 0 Å². The fraction of sp³-hybridized carbons (Fsp3) is 0.273. The van der Waals surface area contributed by atoms with Crippen molar-refractivity contribution in [2.45, 2.75) is 19.9 Å². The van der Waals surface area contributed by atoms with E-state index in [2.05, 4.69) is 29.4 Å². The van der Waals surface area contributed by atoms with Gasteiger partial charge in [0.15, 0.2) is 11.5 Å². The maximum atomic E-state index is 12.4. The molecule has 0 fully saturated rings. The van der Waals surface area contributed by atoms with Crippen LogP contribution in [0, 0.1) is 6.92 Å². The van der Waals surface area contributed by atoms with Crippen LogP contribution in [0.25, 0.3) is 10.6 Å². The number of aryl methyl sites for hydroxylation is 1. The Morgan fingerprint density at radius 1 is 1.03 bits per heavy atom. The molecule has 0 spiro atoms. The molecule has 6 nitrogen and oxygen atoms in total. The number of rotatable bonds is 8. The van der Waals surface area contributed by atoms with E-state index in [1.807, 2.05) is 29.6 Å². The summed E-state index contributed by atoms with van der Waals surface area (Å²) < 4.78 is 16.0. The molecule has 0 atom stereocenters. The van der Waals surface area contributed by atoms with Crippen molar-refractivity contribution in [3.8, 4) is 27.8 Å². The van der Waals surface area contributed by atoms with E-state index in [9.17, 15) is 4.79 Å². The number of nitrogens with zero attached hydrogens (tertiary/aromatic N) is 1. The summed E-state index contributed by atoms with van der Waals surface area (Å²) >= 11 is 1.54. The maximum Gasteiger partial charge on any atom is 0.226 e. The van der Waals surface area contributed by atoms with Crippen molar-refractivity contribution in [1.29, 1.82) is 0 Å². The Bertz CT molecular complexity index is 958. The first-order chi connectivity index (χ1) is 14.0. The smallest absolute Gasteiger partial charge is 0.226 e. The van der Waals surface area contributed by atoms with E-state index in [0.717, 1.165) is 21.8 Å². The molecule has 0 bridgehead atoms. The number of ether oxygens (including phenoxy) is 3. The van der Waals surface area contributed by atoms with E-state index < -0.39 is 0 Å². The number of nitrogens with one attached hydrogen (secondary N) is 1. The molecule has 29 heavy (non-hydrogen) atoms. The fourth-order valence-electron chi connectivity index (χ4n) is 2.88. The lowest BCUT2D eigenvalue weighted by Gasteiger charge is -2.14. The van der Waals surface area contributed by atoms with E-state index in [-0.39, 0.29) is 12.3 Å². The molecule has 0 saturated carbocycles. The summed E-state index contributed by atoms with van der Waals surface area (Å²) in [4.78, 5) is 17.0. The van der Waals surface area contributed by atoms with Gasteiger partial charge in [-0.15, -0.1) is 11.3 Å². The highest BCUT2D eigenvalue weighted by atomic mass is 32.1. The number of benzene rings is 2. The predicted molar refractivity (Wildman–Crippen MR) is 114 cm³/mol. The summed E-state index contributed by atoms with van der Waals surface area (Å²) in [6, 6.07) is 11.8. The van der Waals surface area contributed by atoms with Crippen molar-refractivity contribution < 1.29 is 19.0 Å². The van der Waals surface area contributed by atoms with Crippen LogP contribution in [-0.4, -0.2) is 32.2 Å². The SMILES string of the molecule is COc1cc(CNC(=O)Cc2csc(-c3ccc(C)cc3)n2)cc(OC)c1OC. The zero-order chi connectivity index (χ0) is 20.8. The minimum atomic E-state index is -0.0977. The van der Waals surface area contributed by atoms with Crippen molar-refractivity contribution >= 4 is 17.2 Å². The molecular formula is C22H24N2O4S. The van der Waals surface area contributed by atoms with Gasteiger partial charge in [-0.3, -0.25) is 4.79 Å². The molecule has 3 rings (SSSR count). The van der Waals surface area contributed by atoms with Gasteiger partial charge in [-0.25, -0.2) is 4.98 Å². The molecule has 0 aliphatic rings. The van der Waals surface area contributed by atoms with Crippen LogP contribution in [0.3, 0.4) is 0 Å². The Hall–Kier alpha value is -3.06. The molecule has 0 radical (unpaired) electrons. The normalized spacial score (nSPS) is 10.5. The molecule has 1 N–H and O–H groups in total. The molecule has 0 saturated heterocycles. The van der Waals surface area contributed by atoms with Crippen LogP contribution in [0.4, 0.5) is 0 Å². The highest BCUT2D eigenvalue weighted by Crippen LogP contribution is 2.38. The third kappa shape index (κ3) is 5.06. The van der Waals surface area contributed by atoms with E-state index in [0.29, 0.717) is 23.8 Å². The van der Waals surface area contributed by atoms with Crippen molar-refractivity contribution in [3.63, 3.8) is 0 Å². The van der Waals surface area contributed by atoms with Crippen molar-refractivity contribution in [2.75, 3.05) is 21.3 Å². The van der Waals surface area contributed by atoms with Crippen LogP contribution in [0.5, 0.6) is 17.2 Å². The first kappa shape index (κ1) is 20.7. The van der Waals surface area contributed by atoms with Crippen molar-refractivity contribution in [2.24, 2.45) is 0 Å². The van der Waals surface area contributed by atoms with Crippen molar-refractivity contribution in [1.82, 2.24) is 10.3 Å². The molecular weight excluding hydrogens is 388 g/mol. The van der Waals surface area contributed by atoms with Gasteiger partial charge in [0.05, 0.1) is 33.4 Å². The monoisotopic (exact) mass is 412 g/mol. The molecule has 1 heterocycles. The van der Waals surface area contributed by atoms with Gasteiger partial charge in [0.2, 0.25) is 11.7 Å². The first-order valence-corrected chi connectivity index (χ1v) is 9.99. The Kier molecular flexibility index (Phi) is 6.72. The van der Waals surface area contributed by atoms with Gasteiger partial charge in [0.25, 0.3) is 0 Å². The number of aromatic nitrogens is 1. The lowest BCUT2D eigenvalue weighted by molar-refractivity contribution is -0.120. The van der Waals surface area contributed by atoms with Gasteiger partial charge >= 0.3 is 0 Å². The summed E-state index contributed by atoms with van der Waals surface area (Å²) in [6.07, 6.45) is 0.229. The molecule has 0 unspecified atom stereocenters. The van der Waals surface area contributed by atoms with Gasteiger partial charge in [0, 0.05) is 17.5 Å². The number of carbonyl (C=O) groups excluding carboxylic acids is 1. The second kappa shape index (κ2) is 9.43. The van der Waals surface area contributed by atoms with Gasteiger partial charge in [-0.2, -0.15) is 0 Å². The molecule has 152 valence electrons. The minimum Gasteiger partial charge on any atom is -0.493 e. The van der Waals surface area contributed by atoms with Crippen LogP contribution in [0.1, 0.15) is 16.8 Å². The molecule has 3 aromatic rings. The maximum absolute atomic E-state index is 12.4. The fourth-order valence-corrected chi connectivity index (χ4v) is 3.71. The number of hydrogen-bond acceptors (Lipinski definition) is 6. The van der Waals surface area contributed by atoms with E-state index in [4.69, 9.17) is 14.2 Å². The average Bonchev–Trinajstić information content (AvgIpc) is 3.20. The van der Waals surface area contributed by atoms with E-state index in [1.54, 1.807) is 32.7 Å². The third-order valence-electron chi connectivity index (χ3n) is 4.41. The number of amides is 1. The number of hydrogen-bond donors (Lipinski definition) is 1. The third-order valence-corrected chi connectivity index (χ3v) is 5.35. The van der Waals surface area contributed by atoms with Crippen LogP contribution in [0.15, 0.2) is 41.8 Å². The lowest BCUT2D eigenvalue weighted by atomic mass is 10.1. The molecule has 7 heteroatoms. The van der Waals surface area contributed by atoms with Gasteiger partial charge in [-0.05, 0) is 24.6 Å². The predicted octanol–water partition coefficient (Wildman–Crippen LogP) is 4.00. The molecule has 2 aromatic carbocycles. The zero-order valence-corrected chi connectivity index (χ0v) is 17.8. The van der Waals surface area contributed by atoms with Crippen LogP contribution >= 0.6 is 11.3 Å². The van der Waals surface area contributed by atoms with Gasteiger partial charge in [-0.1, -0.05) is 29.8 Å². The van der Waals surface area contributed by atoms with Crippen LogP contribution in [-0.2, 0) is 17.8 Å². The van der Waals surface area contributed by atoms with Gasteiger partial charge in [0.1, 0.15) is 5.01 Å². The number of carbonyl (C=O) groups is 1. The summed E-state index contributed by atoms with van der Waals surface area (Å²) in [5, 5.41) is 5.76. The second-order valence-electron chi connectivity index (χ2n) is 6.50. The second-order valence-corrected chi connectivity index (χ2v) is 7.36. The molecule has 1 aromatic heterocycles. The topological polar surface area (TPSA) is 69.7 Å². The minimum absolute atomic E-state index is 0.0977. The number of methoxy groups -OCH3 is 3. The first-order valence-electron chi connectivity index (χ1n) is 9.11. The Morgan fingerprint density at radius 2 is 1.69 bits per heavy atom. The molecule has 0 aliphatic heterocycles. The van der Waals surface area contributed by atoms with E-state index in [1.165, 1.54) is 5.56 Å². The largest absolute Gasteiger partial charge is 0.493 e. The van der Waals surface area contributed by atoms with Crippen LogP contribution < -0.4 is 19.5 Å². The molecule has 0 aliphatic carbocycles. The Labute approximate surface area is 174 Å². The van der Waals surface area contributed by atoms with Crippen molar-refractivity contribution in [3.05, 3.63) is 58.6 Å². The number of thiazole rings is 1. The van der Waals surface area contributed by atoms with Gasteiger partial charge < -0.3 is 19.5 Å². The van der Waals surface area contributed by atoms with Crippen LogP contribution in [0.2, 0.25) is 0 Å². The summed E-state index contributed by atoms with van der Waals surface area (Å²) in [5.74, 6) is 1.53. The summed E-state index contributed by atoms with van der Waals surface area (Å²) in [7, 11) is 4.68. The lowest BCUT2D eigenvalue weighted by Crippen LogP contribution is -2.24. The summed E-state index contributed by atoms with van der Waals surface area (Å²) in [5.41, 5.74) is 3.88. The zero-order valence-electron chi connectivity index (χ0n) is 16.9. The average molecular weight is 413 g/mol.